The summed E-state index contributed by atoms with van der Waals surface area (Å²) < 4.78 is 6.71. The Morgan fingerprint density at radius 1 is 1.22 bits per heavy atom. The maximum atomic E-state index is 12.6. The summed E-state index contributed by atoms with van der Waals surface area (Å²) in [5.74, 6) is 0.569. The van der Waals surface area contributed by atoms with Crippen LogP contribution in [-0.2, 0) is 0 Å². The van der Waals surface area contributed by atoms with E-state index in [2.05, 4.69) is 41.9 Å². The van der Waals surface area contributed by atoms with Crippen LogP contribution in [0.25, 0.3) is 22.4 Å². The first-order valence-corrected chi connectivity index (χ1v) is 9.15. The van der Waals surface area contributed by atoms with Gasteiger partial charge in [0.25, 0.3) is 5.91 Å². The highest BCUT2D eigenvalue weighted by atomic mass is 79.9. The van der Waals surface area contributed by atoms with Crippen LogP contribution in [0, 0.1) is 6.92 Å². The molecule has 1 atom stereocenters. The second-order valence-electron chi connectivity index (χ2n) is 6.30. The molecular weight excluding hydrogens is 410 g/mol. The summed E-state index contributed by atoms with van der Waals surface area (Å²) in [4.78, 5) is 12.6. The lowest BCUT2D eigenvalue weighted by Crippen LogP contribution is -2.26. The summed E-state index contributed by atoms with van der Waals surface area (Å²) in [5.41, 5.74) is 3.51. The van der Waals surface area contributed by atoms with Crippen LogP contribution in [-0.4, -0.2) is 26.5 Å². The lowest BCUT2D eigenvalue weighted by Gasteiger charge is -2.13. The van der Waals surface area contributed by atoms with Crippen molar-refractivity contribution in [3.8, 4) is 11.4 Å². The molecule has 0 aliphatic heterocycles. The van der Waals surface area contributed by atoms with Crippen molar-refractivity contribution < 1.29 is 9.21 Å². The fraction of sp³-hybridized carbons (Fsp3) is 0.158. The highest BCUT2D eigenvalue weighted by Crippen LogP contribution is 2.27. The van der Waals surface area contributed by atoms with Gasteiger partial charge >= 0.3 is 0 Å². The minimum Gasteiger partial charge on any atom is -0.451 e. The second kappa shape index (κ2) is 6.96. The fourth-order valence-corrected chi connectivity index (χ4v) is 3.54. The number of benzene rings is 2. The molecule has 0 aliphatic rings. The molecule has 4 aromatic rings. The van der Waals surface area contributed by atoms with Crippen molar-refractivity contribution in [2.75, 3.05) is 0 Å². The van der Waals surface area contributed by atoms with Crippen molar-refractivity contribution in [2.24, 2.45) is 0 Å². The van der Waals surface area contributed by atoms with Gasteiger partial charge in [0, 0.05) is 15.4 Å². The molecule has 136 valence electrons. The summed E-state index contributed by atoms with van der Waals surface area (Å²) in [6, 6.07) is 13.1. The molecule has 8 heteroatoms. The molecule has 2 aromatic heterocycles. The third kappa shape index (κ3) is 3.48. The van der Waals surface area contributed by atoms with E-state index < -0.39 is 0 Å². The number of carbonyl (C=O) groups is 1. The van der Waals surface area contributed by atoms with E-state index in [4.69, 9.17) is 4.42 Å². The van der Waals surface area contributed by atoms with Crippen molar-refractivity contribution in [2.45, 2.75) is 19.9 Å². The van der Waals surface area contributed by atoms with Crippen molar-refractivity contribution in [3.63, 3.8) is 0 Å². The number of aryl methyl sites for hydroxylation is 1. The van der Waals surface area contributed by atoms with Crippen molar-refractivity contribution in [1.29, 1.82) is 0 Å². The van der Waals surface area contributed by atoms with Crippen LogP contribution in [0.3, 0.4) is 0 Å². The number of carbonyl (C=O) groups excluding carboxylic acids is 1. The van der Waals surface area contributed by atoms with Gasteiger partial charge in [0.2, 0.25) is 5.82 Å². The van der Waals surface area contributed by atoms with Crippen LogP contribution in [0.1, 0.15) is 34.6 Å². The largest absolute Gasteiger partial charge is 0.451 e. The summed E-state index contributed by atoms with van der Waals surface area (Å²) >= 11 is 3.46. The van der Waals surface area contributed by atoms with E-state index in [0.717, 1.165) is 32.1 Å². The monoisotopic (exact) mass is 425 g/mol. The first-order valence-electron chi connectivity index (χ1n) is 8.35. The van der Waals surface area contributed by atoms with E-state index in [1.165, 1.54) is 0 Å². The summed E-state index contributed by atoms with van der Waals surface area (Å²) in [6.07, 6.45) is 0. The molecule has 0 radical (unpaired) electrons. The minimum atomic E-state index is -0.253. The highest BCUT2D eigenvalue weighted by Gasteiger charge is 2.17. The van der Waals surface area contributed by atoms with Gasteiger partial charge in [-0.1, -0.05) is 40.2 Å². The third-order valence-electron chi connectivity index (χ3n) is 4.35. The molecule has 1 unspecified atom stereocenters. The first-order chi connectivity index (χ1) is 13.0. The number of nitrogens with zero attached hydrogens (tertiary/aromatic N) is 3. The van der Waals surface area contributed by atoms with E-state index >= 15 is 0 Å². The number of hydrogen-bond acceptors (Lipinski definition) is 5. The number of hydrogen-bond donors (Lipinski definition) is 2. The smallest absolute Gasteiger partial charge is 0.287 e. The van der Waals surface area contributed by atoms with Crippen LogP contribution in [0.5, 0.6) is 0 Å². The number of halogens is 1. The lowest BCUT2D eigenvalue weighted by atomic mass is 10.1. The molecule has 1 amide bonds. The third-order valence-corrected chi connectivity index (χ3v) is 4.81. The Kier molecular flexibility index (Phi) is 4.49. The maximum absolute atomic E-state index is 12.6. The predicted octanol–water partition coefficient (Wildman–Crippen LogP) is 4.17. The van der Waals surface area contributed by atoms with E-state index in [0.29, 0.717) is 11.6 Å². The second-order valence-corrected chi connectivity index (χ2v) is 7.22. The Labute approximate surface area is 163 Å². The normalized spacial score (nSPS) is 12.3. The molecule has 2 N–H and O–H groups in total. The SMILES string of the molecule is Cc1cc(Br)cc2cc(C(=O)NC(C)c3ccc(-c4nn[nH]n4)cc3)oc12. The van der Waals surface area contributed by atoms with Crippen molar-refractivity contribution >= 4 is 32.8 Å². The molecule has 0 spiro atoms. The number of tetrazole rings is 1. The predicted molar refractivity (Wildman–Crippen MR) is 104 cm³/mol. The first kappa shape index (κ1) is 17.4. The molecule has 27 heavy (non-hydrogen) atoms. The Morgan fingerprint density at radius 3 is 2.70 bits per heavy atom. The standard InChI is InChI=1S/C19H16BrN5O2/c1-10-7-15(20)8-14-9-16(27-17(10)14)19(26)21-11(2)12-3-5-13(6-4-12)18-22-24-25-23-18/h3-9,11H,1-2H3,(H,21,26)(H,22,23,24,25). The number of rotatable bonds is 4. The molecular formula is C19H16BrN5O2. The average molecular weight is 426 g/mol. The number of aromatic nitrogens is 4. The molecule has 2 aromatic carbocycles. The van der Waals surface area contributed by atoms with Gasteiger partial charge in [-0.05, 0) is 48.4 Å². The van der Waals surface area contributed by atoms with E-state index in [-0.39, 0.29) is 11.9 Å². The zero-order valence-corrected chi connectivity index (χ0v) is 16.2. The van der Waals surface area contributed by atoms with Crippen LogP contribution in [0.15, 0.2) is 51.4 Å². The number of nitrogens with one attached hydrogen (secondary N) is 2. The Hall–Kier alpha value is -3.00. The summed E-state index contributed by atoms with van der Waals surface area (Å²) in [7, 11) is 0. The van der Waals surface area contributed by atoms with Crippen LogP contribution in [0.2, 0.25) is 0 Å². The van der Waals surface area contributed by atoms with Crippen molar-refractivity contribution in [3.05, 3.63) is 63.8 Å². The molecule has 2 heterocycles. The Bertz CT molecular complexity index is 1100. The molecule has 0 saturated carbocycles. The Balaban J connectivity index is 1.51. The molecule has 4 rings (SSSR count). The van der Waals surface area contributed by atoms with Gasteiger partial charge in [-0.15, -0.1) is 10.2 Å². The molecule has 0 fully saturated rings. The molecule has 0 aliphatic carbocycles. The van der Waals surface area contributed by atoms with Gasteiger partial charge in [-0.3, -0.25) is 4.79 Å². The minimum absolute atomic E-state index is 0.183. The van der Waals surface area contributed by atoms with Gasteiger partial charge in [-0.2, -0.15) is 5.21 Å². The van der Waals surface area contributed by atoms with Gasteiger partial charge in [-0.25, -0.2) is 0 Å². The number of aromatic amines is 1. The topological polar surface area (TPSA) is 96.7 Å². The fourth-order valence-electron chi connectivity index (χ4n) is 2.95. The van der Waals surface area contributed by atoms with E-state index in [1.54, 1.807) is 6.07 Å². The number of furan rings is 1. The van der Waals surface area contributed by atoms with Crippen LogP contribution in [0.4, 0.5) is 0 Å². The lowest BCUT2D eigenvalue weighted by molar-refractivity contribution is 0.0914. The number of H-pyrrole nitrogens is 1. The average Bonchev–Trinajstić information content (AvgIpc) is 3.31. The van der Waals surface area contributed by atoms with Gasteiger partial charge in [0.15, 0.2) is 5.76 Å². The quantitative estimate of drug-likeness (QED) is 0.511. The molecule has 7 nitrogen and oxygen atoms in total. The number of amides is 1. The van der Waals surface area contributed by atoms with Crippen LogP contribution < -0.4 is 5.32 Å². The van der Waals surface area contributed by atoms with Gasteiger partial charge < -0.3 is 9.73 Å². The zero-order valence-electron chi connectivity index (χ0n) is 14.7. The molecule has 0 bridgehead atoms. The Morgan fingerprint density at radius 2 is 2.00 bits per heavy atom. The van der Waals surface area contributed by atoms with Crippen molar-refractivity contribution in [1.82, 2.24) is 25.9 Å². The number of fused-ring (bicyclic) bond motifs is 1. The highest BCUT2D eigenvalue weighted by molar-refractivity contribution is 9.10. The van der Waals surface area contributed by atoms with Crippen LogP contribution >= 0.6 is 15.9 Å². The maximum Gasteiger partial charge on any atom is 0.287 e. The summed E-state index contributed by atoms with van der Waals surface area (Å²) in [6.45, 7) is 3.87. The zero-order chi connectivity index (χ0) is 19.0. The van der Waals surface area contributed by atoms with E-state index in [9.17, 15) is 4.79 Å². The van der Waals surface area contributed by atoms with E-state index in [1.807, 2.05) is 50.2 Å². The van der Waals surface area contributed by atoms with Gasteiger partial charge in [0.05, 0.1) is 6.04 Å². The van der Waals surface area contributed by atoms with Gasteiger partial charge in [0.1, 0.15) is 5.58 Å². The molecule has 0 saturated heterocycles. The summed E-state index contributed by atoms with van der Waals surface area (Å²) in [5, 5.41) is 17.7.